The maximum absolute atomic E-state index is 13.6. The van der Waals surface area contributed by atoms with Crippen LogP contribution < -0.4 is 15.5 Å². The van der Waals surface area contributed by atoms with Gasteiger partial charge in [0, 0.05) is 0 Å². The molecule has 0 bridgehead atoms. The van der Waals surface area contributed by atoms with E-state index in [0.29, 0.717) is 12.2 Å². The molecule has 0 aliphatic heterocycles. The van der Waals surface area contributed by atoms with Crippen molar-refractivity contribution in [3.8, 4) is 5.75 Å². The van der Waals surface area contributed by atoms with Crippen molar-refractivity contribution in [2.45, 2.75) is 13.3 Å². The van der Waals surface area contributed by atoms with Crippen LogP contribution in [0.1, 0.15) is 18.9 Å². The topological polar surface area (TPSA) is 83.0 Å². The molecule has 136 valence electrons. The molecular weight excluding hydrogens is 357 g/mol. The molecule has 0 heterocycles. The lowest BCUT2D eigenvalue weighted by atomic mass is 10.1. The minimum absolute atomic E-state index is 0.169. The monoisotopic (exact) mass is 375 g/mol. The van der Waals surface area contributed by atoms with E-state index in [4.69, 9.17) is 22.1 Å². The number of rotatable bonds is 7. The molecule has 0 aliphatic rings. The van der Waals surface area contributed by atoms with E-state index < -0.39 is 18.4 Å². The van der Waals surface area contributed by atoms with Gasteiger partial charge in [-0.15, -0.1) is 0 Å². The van der Waals surface area contributed by atoms with E-state index in [2.05, 4.69) is 15.8 Å². The Morgan fingerprint density at radius 1 is 1.23 bits per heavy atom. The number of thiocarbonyl (C=S) groups is 1. The van der Waals surface area contributed by atoms with Crippen LogP contribution in [-0.2, 0) is 4.79 Å². The number of nitrogens with one attached hydrogen (secondary N) is 2. The lowest BCUT2D eigenvalue weighted by molar-refractivity contribution is -0.139. The highest BCUT2D eigenvalue weighted by Crippen LogP contribution is 2.14. The van der Waals surface area contributed by atoms with Gasteiger partial charge in [0.1, 0.15) is 11.6 Å². The summed E-state index contributed by atoms with van der Waals surface area (Å²) < 4.78 is 18.7. The second-order valence-corrected chi connectivity index (χ2v) is 5.57. The second kappa shape index (κ2) is 9.47. The van der Waals surface area contributed by atoms with Crippen LogP contribution in [0.5, 0.6) is 5.75 Å². The number of benzene rings is 2. The summed E-state index contributed by atoms with van der Waals surface area (Å²) in [4.78, 5) is 10.5. The van der Waals surface area contributed by atoms with Gasteiger partial charge in [-0.25, -0.2) is 9.18 Å². The predicted octanol–water partition coefficient (Wildman–Crippen LogP) is 3.39. The summed E-state index contributed by atoms with van der Waals surface area (Å²) in [5.74, 6) is -0.991. The lowest BCUT2D eigenvalue weighted by Crippen LogP contribution is -2.25. The number of hydrogen-bond donors (Lipinski definition) is 3. The Kier molecular flexibility index (Phi) is 7.04. The number of hydrogen-bond acceptors (Lipinski definition) is 4. The first-order valence-electron chi connectivity index (χ1n) is 7.82. The van der Waals surface area contributed by atoms with Crippen molar-refractivity contribution in [3.05, 3.63) is 59.9 Å². The van der Waals surface area contributed by atoms with Crippen molar-refractivity contribution < 1.29 is 19.0 Å². The maximum atomic E-state index is 13.6. The molecule has 2 aromatic carbocycles. The molecule has 2 aromatic rings. The van der Waals surface area contributed by atoms with Gasteiger partial charge in [0.25, 0.3) is 0 Å². The van der Waals surface area contributed by atoms with Crippen molar-refractivity contribution in [2.75, 3.05) is 11.9 Å². The number of ether oxygens (including phenoxy) is 1. The summed E-state index contributed by atoms with van der Waals surface area (Å²) in [6.45, 7) is 1.54. The van der Waals surface area contributed by atoms with Crippen molar-refractivity contribution in [3.63, 3.8) is 0 Å². The van der Waals surface area contributed by atoms with Crippen molar-refractivity contribution >= 4 is 34.7 Å². The third-order valence-electron chi connectivity index (χ3n) is 3.30. The van der Waals surface area contributed by atoms with E-state index in [0.717, 1.165) is 11.3 Å². The average molecular weight is 375 g/mol. The van der Waals surface area contributed by atoms with Gasteiger partial charge in [0.2, 0.25) is 0 Å². The molecule has 0 amide bonds. The molecule has 0 saturated heterocycles. The van der Waals surface area contributed by atoms with Crippen molar-refractivity contribution in [1.29, 1.82) is 0 Å². The molecule has 0 unspecified atom stereocenters. The fourth-order valence-corrected chi connectivity index (χ4v) is 2.22. The number of para-hydroxylation sites is 1. The van der Waals surface area contributed by atoms with E-state index in [-0.39, 0.29) is 10.8 Å². The van der Waals surface area contributed by atoms with Gasteiger partial charge >= 0.3 is 5.97 Å². The highest BCUT2D eigenvalue weighted by atomic mass is 32.1. The molecule has 0 radical (unpaired) electrons. The summed E-state index contributed by atoms with van der Waals surface area (Å²) in [6.07, 6.45) is 0.630. The number of aliphatic carboxylic acids is 1. The Balaban J connectivity index is 1.99. The highest BCUT2D eigenvalue weighted by molar-refractivity contribution is 7.80. The van der Waals surface area contributed by atoms with Crippen LogP contribution in [0.3, 0.4) is 0 Å². The van der Waals surface area contributed by atoms with Crippen molar-refractivity contribution in [1.82, 2.24) is 5.43 Å². The van der Waals surface area contributed by atoms with E-state index in [1.807, 2.05) is 6.92 Å². The number of hydrazone groups is 1. The standard InChI is InChI=1S/C18H18FN3O3S/c1-2-15(12-7-9-13(10-8-12)25-11-17(23)24)21-22-18(26)20-16-6-4-3-5-14(16)19/h3-10H,2,11H2,1H3,(H,23,24)(H2,20,22,26)/b21-15-. The molecule has 0 spiro atoms. The first-order chi connectivity index (χ1) is 12.5. The van der Waals surface area contributed by atoms with Crippen LogP contribution in [0, 0.1) is 5.82 Å². The van der Waals surface area contributed by atoms with Crippen LogP contribution in [-0.4, -0.2) is 28.5 Å². The molecule has 6 nitrogen and oxygen atoms in total. The van der Waals surface area contributed by atoms with Crippen molar-refractivity contribution in [2.24, 2.45) is 5.10 Å². The zero-order valence-corrected chi connectivity index (χ0v) is 14.8. The largest absolute Gasteiger partial charge is 0.482 e. The van der Waals surface area contributed by atoms with Crippen LogP contribution in [0.4, 0.5) is 10.1 Å². The molecule has 0 aromatic heterocycles. The van der Waals surface area contributed by atoms with Gasteiger partial charge in [-0.3, -0.25) is 5.43 Å². The second-order valence-electron chi connectivity index (χ2n) is 5.16. The Morgan fingerprint density at radius 2 is 1.92 bits per heavy atom. The first kappa shape index (κ1) is 19.3. The molecule has 0 aliphatic carbocycles. The predicted molar refractivity (Wildman–Crippen MR) is 102 cm³/mol. The number of carboxylic acid groups (broad SMARTS) is 1. The summed E-state index contributed by atoms with van der Waals surface area (Å²) in [6, 6.07) is 13.1. The van der Waals surface area contributed by atoms with E-state index in [1.54, 1.807) is 42.5 Å². The Bertz CT molecular complexity index is 810. The summed E-state index contributed by atoms with van der Waals surface area (Å²) in [5, 5.41) is 15.8. The summed E-state index contributed by atoms with van der Waals surface area (Å²) in [7, 11) is 0. The van der Waals surface area contributed by atoms with Gasteiger partial charge in [0.15, 0.2) is 11.7 Å². The van der Waals surface area contributed by atoms with Gasteiger partial charge in [-0.1, -0.05) is 19.1 Å². The Morgan fingerprint density at radius 3 is 2.54 bits per heavy atom. The molecular formula is C18H18FN3O3S. The third kappa shape index (κ3) is 5.82. The molecule has 3 N–H and O–H groups in total. The number of halogens is 1. The van der Waals surface area contributed by atoms with Gasteiger partial charge in [-0.2, -0.15) is 5.10 Å². The fraction of sp³-hybridized carbons (Fsp3) is 0.167. The normalized spacial score (nSPS) is 10.9. The number of carbonyl (C=O) groups is 1. The molecule has 8 heteroatoms. The molecule has 26 heavy (non-hydrogen) atoms. The maximum Gasteiger partial charge on any atom is 0.341 e. The zero-order valence-electron chi connectivity index (χ0n) is 14.0. The van der Waals surface area contributed by atoms with Crippen LogP contribution in [0.2, 0.25) is 0 Å². The third-order valence-corrected chi connectivity index (χ3v) is 3.49. The van der Waals surface area contributed by atoms with Gasteiger partial charge < -0.3 is 15.2 Å². The Hall–Kier alpha value is -3.00. The first-order valence-corrected chi connectivity index (χ1v) is 8.23. The molecule has 0 atom stereocenters. The minimum Gasteiger partial charge on any atom is -0.482 e. The van der Waals surface area contributed by atoms with Gasteiger partial charge in [0.05, 0.1) is 11.4 Å². The van der Waals surface area contributed by atoms with Gasteiger partial charge in [-0.05, 0) is 60.6 Å². The molecule has 0 saturated carbocycles. The van der Waals surface area contributed by atoms with E-state index >= 15 is 0 Å². The number of anilines is 1. The zero-order chi connectivity index (χ0) is 18.9. The SMILES string of the molecule is CC/C(=N/NC(=S)Nc1ccccc1F)c1ccc(OCC(=O)O)cc1. The summed E-state index contributed by atoms with van der Waals surface area (Å²) >= 11 is 5.12. The average Bonchev–Trinajstić information content (AvgIpc) is 2.63. The van der Waals surface area contributed by atoms with Crippen LogP contribution >= 0.6 is 12.2 Å². The number of nitrogens with zero attached hydrogens (tertiary/aromatic N) is 1. The summed E-state index contributed by atoms with van der Waals surface area (Å²) in [5.41, 5.74) is 4.52. The quantitative estimate of drug-likeness (QED) is 0.391. The minimum atomic E-state index is -1.04. The van der Waals surface area contributed by atoms with Crippen LogP contribution in [0.15, 0.2) is 53.6 Å². The van der Waals surface area contributed by atoms with E-state index in [9.17, 15) is 9.18 Å². The highest BCUT2D eigenvalue weighted by Gasteiger charge is 2.05. The number of carboxylic acids is 1. The fourth-order valence-electron chi connectivity index (χ4n) is 2.07. The molecule has 0 fully saturated rings. The van der Waals surface area contributed by atoms with Crippen LogP contribution in [0.25, 0.3) is 0 Å². The van der Waals surface area contributed by atoms with E-state index in [1.165, 1.54) is 6.07 Å². The lowest BCUT2D eigenvalue weighted by Gasteiger charge is -2.10. The molecule has 2 rings (SSSR count). The Labute approximate surface area is 155 Å². The smallest absolute Gasteiger partial charge is 0.341 e.